The Balaban J connectivity index is 1.53. The summed E-state index contributed by atoms with van der Waals surface area (Å²) in [5, 5.41) is 10.3. The number of rotatable bonds is 10. The van der Waals surface area contributed by atoms with Crippen molar-refractivity contribution in [2.24, 2.45) is 5.73 Å². The van der Waals surface area contributed by atoms with E-state index in [0.29, 0.717) is 45.0 Å². The van der Waals surface area contributed by atoms with Crippen LogP contribution in [-0.2, 0) is 16.0 Å². The van der Waals surface area contributed by atoms with Gasteiger partial charge >= 0.3 is 6.09 Å². The molecule has 0 saturated carbocycles. The lowest BCUT2D eigenvalue weighted by atomic mass is 10.0. The zero-order valence-corrected chi connectivity index (χ0v) is 16.1. The second-order valence-electron chi connectivity index (χ2n) is 6.76. The minimum atomic E-state index is -0.286. The van der Waals surface area contributed by atoms with Gasteiger partial charge in [0.15, 0.2) is 0 Å². The van der Waals surface area contributed by atoms with Crippen molar-refractivity contribution in [3.63, 3.8) is 0 Å². The number of aryl methyl sites for hydroxylation is 1. The van der Waals surface area contributed by atoms with Crippen molar-refractivity contribution in [3.05, 3.63) is 42.2 Å². The SMILES string of the molecule is N=C(N)CC(=O)CCc1cccc(-c2cnc(NCCN3CCOC3=O)nc2)c1. The van der Waals surface area contributed by atoms with E-state index < -0.39 is 0 Å². The Morgan fingerprint density at radius 3 is 2.76 bits per heavy atom. The molecule has 1 aliphatic rings. The summed E-state index contributed by atoms with van der Waals surface area (Å²) < 4.78 is 4.88. The molecule has 4 N–H and O–H groups in total. The van der Waals surface area contributed by atoms with Crippen LogP contribution >= 0.6 is 0 Å². The van der Waals surface area contributed by atoms with Gasteiger partial charge in [-0.3, -0.25) is 10.2 Å². The highest BCUT2D eigenvalue weighted by atomic mass is 16.6. The number of aromatic nitrogens is 2. The van der Waals surface area contributed by atoms with Gasteiger partial charge in [-0.1, -0.05) is 24.3 Å². The number of nitrogens with two attached hydrogens (primary N) is 1. The molecule has 2 heterocycles. The van der Waals surface area contributed by atoms with Crippen LogP contribution in [0.4, 0.5) is 10.7 Å². The summed E-state index contributed by atoms with van der Waals surface area (Å²) >= 11 is 0. The number of ketones is 1. The van der Waals surface area contributed by atoms with Crippen molar-refractivity contribution >= 4 is 23.7 Å². The third kappa shape index (κ3) is 6.00. The van der Waals surface area contributed by atoms with E-state index in [1.165, 1.54) is 0 Å². The van der Waals surface area contributed by atoms with Crippen LogP contribution in [0.25, 0.3) is 11.1 Å². The van der Waals surface area contributed by atoms with Gasteiger partial charge in [-0.05, 0) is 17.5 Å². The standard InChI is InChI=1S/C20H24N6O3/c21-18(22)11-17(27)5-4-14-2-1-3-15(10-14)16-12-24-19(25-13-16)23-6-7-26-8-9-29-20(26)28/h1-3,10,12-13H,4-9,11H2,(H3,21,22)(H,23,24,25). The first-order valence-electron chi connectivity index (χ1n) is 9.43. The van der Waals surface area contributed by atoms with E-state index in [1.807, 2.05) is 24.3 Å². The van der Waals surface area contributed by atoms with Crippen molar-refractivity contribution in [1.82, 2.24) is 14.9 Å². The Bertz CT molecular complexity index is 884. The van der Waals surface area contributed by atoms with Crippen molar-refractivity contribution in [2.45, 2.75) is 19.3 Å². The van der Waals surface area contributed by atoms with E-state index in [0.717, 1.165) is 16.7 Å². The van der Waals surface area contributed by atoms with Crippen LogP contribution in [-0.4, -0.2) is 58.8 Å². The quantitative estimate of drug-likeness (QED) is 0.412. The second kappa shape index (κ2) is 9.63. The number of amidine groups is 1. The van der Waals surface area contributed by atoms with Crippen LogP contribution in [0.1, 0.15) is 18.4 Å². The van der Waals surface area contributed by atoms with Gasteiger partial charge in [-0.15, -0.1) is 0 Å². The normalized spacial score (nSPS) is 13.2. The average molecular weight is 396 g/mol. The van der Waals surface area contributed by atoms with Crippen molar-refractivity contribution in [1.29, 1.82) is 5.41 Å². The molecular formula is C20H24N6O3. The van der Waals surface area contributed by atoms with Gasteiger partial charge in [-0.25, -0.2) is 14.8 Å². The van der Waals surface area contributed by atoms with E-state index in [4.69, 9.17) is 15.9 Å². The maximum absolute atomic E-state index is 11.7. The summed E-state index contributed by atoms with van der Waals surface area (Å²) in [6.07, 6.45) is 4.14. The molecule has 1 aromatic heterocycles. The number of carbonyl (C=O) groups is 2. The number of nitrogens with one attached hydrogen (secondary N) is 2. The first-order chi connectivity index (χ1) is 14.0. The number of ether oxygens (including phenoxy) is 1. The average Bonchev–Trinajstić information content (AvgIpc) is 3.11. The van der Waals surface area contributed by atoms with Gasteiger partial charge in [0.2, 0.25) is 5.95 Å². The first-order valence-corrected chi connectivity index (χ1v) is 9.43. The topological polar surface area (TPSA) is 134 Å². The Kier molecular flexibility index (Phi) is 6.72. The molecule has 1 saturated heterocycles. The largest absolute Gasteiger partial charge is 0.448 e. The van der Waals surface area contributed by atoms with E-state index in [2.05, 4.69) is 15.3 Å². The highest BCUT2D eigenvalue weighted by Crippen LogP contribution is 2.20. The Morgan fingerprint density at radius 2 is 2.07 bits per heavy atom. The zero-order valence-electron chi connectivity index (χ0n) is 16.1. The Labute approximate surface area is 168 Å². The number of benzene rings is 1. The Hall–Kier alpha value is -3.49. The summed E-state index contributed by atoms with van der Waals surface area (Å²) in [5.74, 6) is 0.353. The molecule has 9 nitrogen and oxygen atoms in total. The summed E-state index contributed by atoms with van der Waals surface area (Å²) in [6.45, 7) is 2.12. The summed E-state index contributed by atoms with van der Waals surface area (Å²) in [7, 11) is 0. The predicted octanol–water partition coefficient (Wildman–Crippen LogP) is 1.84. The van der Waals surface area contributed by atoms with Crippen LogP contribution in [0.3, 0.4) is 0 Å². The van der Waals surface area contributed by atoms with Crippen molar-refractivity contribution in [3.8, 4) is 11.1 Å². The number of hydrogen-bond donors (Lipinski definition) is 3. The van der Waals surface area contributed by atoms with Gasteiger partial charge in [0.1, 0.15) is 12.4 Å². The van der Waals surface area contributed by atoms with Crippen molar-refractivity contribution < 1.29 is 14.3 Å². The molecule has 152 valence electrons. The number of anilines is 1. The van der Waals surface area contributed by atoms with E-state index in [9.17, 15) is 9.59 Å². The van der Waals surface area contributed by atoms with E-state index >= 15 is 0 Å². The molecule has 9 heteroatoms. The summed E-state index contributed by atoms with van der Waals surface area (Å²) in [4.78, 5) is 33.4. The molecule has 0 spiro atoms. The molecule has 1 amide bonds. The number of hydrogen-bond acceptors (Lipinski definition) is 7. The lowest BCUT2D eigenvalue weighted by Crippen LogP contribution is -2.30. The third-order valence-corrected chi connectivity index (χ3v) is 4.50. The molecule has 0 bridgehead atoms. The fourth-order valence-corrected chi connectivity index (χ4v) is 2.99. The summed E-state index contributed by atoms with van der Waals surface area (Å²) in [5.41, 5.74) is 8.13. The monoisotopic (exact) mass is 396 g/mol. The molecule has 0 aliphatic carbocycles. The molecule has 1 aliphatic heterocycles. The lowest BCUT2D eigenvalue weighted by Gasteiger charge is -2.12. The Morgan fingerprint density at radius 1 is 1.28 bits per heavy atom. The van der Waals surface area contributed by atoms with E-state index in [1.54, 1.807) is 17.3 Å². The van der Waals surface area contributed by atoms with Crippen LogP contribution in [0.2, 0.25) is 0 Å². The molecule has 1 fully saturated rings. The molecule has 2 aromatic rings. The fourth-order valence-electron chi connectivity index (χ4n) is 2.99. The molecule has 0 unspecified atom stereocenters. The number of cyclic esters (lactones) is 1. The smallest absolute Gasteiger partial charge is 0.409 e. The van der Waals surface area contributed by atoms with Crippen LogP contribution < -0.4 is 11.1 Å². The van der Waals surface area contributed by atoms with Gasteiger partial charge in [0, 0.05) is 37.5 Å². The van der Waals surface area contributed by atoms with Gasteiger partial charge in [0.25, 0.3) is 0 Å². The maximum Gasteiger partial charge on any atom is 0.409 e. The molecule has 0 radical (unpaired) electrons. The van der Waals surface area contributed by atoms with E-state index in [-0.39, 0.29) is 24.1 Å². The van der Waals surface area contributed by atoms with Gasteiger partial charge < -0.3 is 20.7 Å². The van der Waals surface area contributed by atoms with Crippen LogP contribution in [0.5, 0.6) is 0 Å². The zero-order chi connectivity index (χ0) is 20.6. The second-order valence-corrected chi connectivity index (χ2v) is 6.76. The van der Waals surface area contributed by atoms with Gasteiger partial charge in [-0.2, -0.15) is 0 Å². The number of amides is 1. The minimum Gasteiger partial charge on any atom is -0.448 e. The highest BCUT2D eigenvalue weighted by Gasteiger charge is 2.20. The van der Waals surface area contributed by atoms with Crippen LogP contribution in [0, 0.1) is 5.41 Å². The molecule has 0 atom stereocenters. The van der Waals surface area contributed by atoms with Crippen LogP contribution in [0.15, 0.2) is 36.7 Å². The number of carbonyl (C=O) groups excluding carboxylic acids is 2. The van der Waals surface area contributed by atoms with Gasteiger partial charge in [0.05, 0.1) is 18.8 Å². The molecular weight excluding hydrogens is 372 g/mol. The maximum atomic E-state index is 11.7. The molecule has 29 heavy (non-hydrogen) atoms. The fraction of sp³-hybridized carbons (Fsp3) is 0.350. The minimum absolute atomic E-state index is 0.000930. The highest BCUT2D eigenvalue weighted by molar-refractivity contribution is 5.98. The predicted molar refractivity (Wildman–Crippen MR) is 109 cm³/mol. The number of Topliss-reactive ketones (excluding diaryl/α,β-unsaturated/α-hetero) is 1. The molecule has 1 aromatic carbocycles. The molecule has 3 rings (SSSR count). The first kappa shape index (κ1) is 20.2. The summed E-state index contributed by atoms with van der Waals surface area (Å²) in [6, 6.07) is 7.86. The number of nitrogens with zero attached hydrogens (tertiary/aromatic N) is 3. The lowest BCUT2D eigenvalue weighted by molar-refractivity contribution is -0.117. The third-order valence-electron chi connectivity index (χ3n) is 4.50. The van der Waals surface area contributed by atoms with Crippen molar-refractivity contribution in [2.75, 3.05) is 31.6 Å².